The fourth-order valence-electron chi connectivity index (χ4n) is 4.21. The fourth-order valence-corrected chi connectivity index (χ4v) is 4.95. The molecular formula is C31H23Br2N3O4. The largest absolute Gasteiger partial charge is 0.489 e. The molecule has 40 heavy (non-hydrogen) atoms. The van der Waals surface area contributed by atoms with Gasteiger partial charge in [-0.15, -0.1) is 6.42 Å². The number of hydrogen-bond acceptors (Lipinski definition) is 5. The molecule has 9 heteroatoms. The van der Waals surface area contributed by atoms with E-state index in [9.17, 15) is 9.59 Å². The van der Waals surface area contributed by atoms with Gasteiger partial charge < -0.3 is 14.8 Å². The smallest absolute Gasteiger partial charge is 0.276 e. The zero-order valence-electron chi connectivity index (χ0n) is 21.1. The first-order chi connectivity index (χ1) is 19.4. The van der Waals surface area contributed by atoms with Crippen molar-refractivity contribution in [1.29, 1.82) is 0 Å². The molecule has 0 saturated carbocycles. The van der Waals surface area contributed by atoms with Crippen LogP contribution in [-0.4, -0.2) is 23.4 Å². The Balaban J connectivity index is 1.41. The summed E-state index contributed by atoms with van der Waals surface area (Å²) in [5.41, 5.74) is 5.81. The number of fused-ring (bicyclic) bond motifs is 1. The molecule has 5 rings (SSSR count). The number of amides is 2. The van der Waals surface area contributed by atoms with E-state index in [1.54, 1.807) is 42.5 Å². The molecule has 1 aliphatic heterocycles. The Morgan fingerprint density at radius 2 is 1.68 bits per heavy atom. The van der Waals surface area contributed by atoms with Crippen molar-refractivity contribution in [2.24, 2.45) is 0 Å². The van der Waals surface area contributed by atoms with Crippen LogP contribution >= 0.6 is 31.9 Å². The van der Waals surface area contributed by atoms with Gasteiger partial charge in [-0.25, -0.2) is 5.01 Å². The van der Waals surface area contributed by atoms with Gasteiger partial charge in [0.05, 0.1) is 5.56 Å². The molecule has 1 aliphatic rings. The summed E-state index contributed by atoms with van der Waals surface area (Å²) in [5, 5.41) is 4.63. The maximum Gasteiger partial charge on any atom is 0.276 e. The third-order valence-corrected chi connectivity index (χ3v) is 7.13. The van der Waals surface area contributed by atoms with Crippen LogP contribution in [0.2, 0.25) is 0 Å². The zero-order chi connectivity index (χ0) is 28.1. The molecule has 0 spiro atoms. The number of nitrogens with zero attached hydrogens (tertiary/aromatic N) is 1. The number of halogens is 2. The lowest BCUT2D eigenvalue weighted by atomic mass is 10.0. The Bertz CT molecular complexity index is 1590. The van der Waals surface area contributed by atoms with Crippen molar-refractivity contribution in [2.45, 2.75) is 12.8 Å². The van der Waals surface area contributed by atoms with Gasteiger partial charge in [-0.2, -0.15) is 0 Å². The van der Waals surface area contributed by atoms with E-state index in [0.717, 1.165) is 14.5 Å². The maximum atomic E-state index is 13.7. The summed E-state index contributed by atoms with van der Waals surface area (Å²) >= 11 is 6.92. The van der Waals surface area contributed by atoms with Crippen LogP contribution in [0.25, 0.3) is 0 Å². The molecule has 0 fully saturated rings. The van der Waals surface area contributed by atoms with Crippen molar-refractivity contribution in [1.82, 2.24) is 10.4 Å². The number of nitrogens with one attached hydrogen (secondary N) is 2. The van der Waals surface area contributed by atoms with E-state index in [2.05, 4.69) is 48.5 Å². The second-order valence-corrected chi connectivity index (χ2v) is 10.7. The number of carbonyl (C=O) groups excluding carboxylic acids is 2. The molecule has 2 amide bonds. The second kappa shape index (κ2) is 12.3. The quantitative estimate of drug-likeness (QED) is 0.205. The molecule has 0 unspecified atom stereocenters. The number of terminal acetylenes is 1. The monoisotopic (exact) mass is 659 g/mol. The molecule has 4 aromatic rings. The van der Waals surface area contributed by atoms with Gasteiger partial charge in [0, 0.05) is 25.8 Å². The van der Waals surface area contributed by atoms with Gasteiger partial charge >= 0.3 is 0 Å². The molecule has 0 aromatic heterocycles. The van der Waals surface area contributed by atoms with Crippen molar-refractivity contribution >= 4 is 49.4 Å². The summed E-state index contributed by atoms with van der Waals surface area (Å²) in [6.45, 7) is 0.456. The fraction of sp³-hybridized carbons (Fsp3) is 0.0968. The van der Waals surface area contributed by atoms with Gasteiger partial charge in [0.2, 0.25) is 0 Å². The van der Waals surface area contributed by atoms with E-state index in [0.29, 0.717) is 40.5 Å². The Morgan fingerprint density at radius 3 is 2.42 bits per heavy atom. The number of carbonyl (C=O) groups is 2. The average Bonchev–Trinajstić information content (AvgIpc) is 2.98. The first-order valence-corrected chi connectivity index (χ1v) is 13.8. The lowest BCUT2D eigenvalue weighted by Gasteiger charge is -2.38. The van der Waals surface area contributed by atoms with Gasteiger partial charge in [0.1, 0.15) is 24.7 Å². The minimum absolute atomic E-state index is 0.0455. The Labute approximate surface area is 248 Å². The molecule has 0 bridgehead atoms. The minimum atomic E-state index is -0.788. The van der Waals surface area contributed by atoms with Crippen molar-refractivity contribution in [3.05, 3.63) is 122 Å². The Hall–Kier alpha value is -4.26. The van der Waals surface area contributed by atoms with E-state index >= 15 is 0 Å². The van der Waals surface area contributed by atoms with Crippen LogP contribution in [0, 0.1) is 12.3 Å². The van der Waals surface area contributed by atoms with Gasteiger partial charge in [-0.05, 0) is 66.2 Å². The minimum Gasteiger partial charge on any atom is -0.489 e. The SMILES string of the molecule is C#CCOc1ccc(Br)cc1[C@H]1Nc2ccc(Br)cc2C(=O)N1NC(=O)c1ccc(OCc2ccccc2)cc1. The van der Waals surface area contributed by atoms with Crippen molar-refractivity contribution in [2.75, 3.05) is 11.9 Å². The van der Waals surface area contributed by atoms with Crippen LogP contribution in [0.1, 0.15) is 38.0 Å². The van der Waals surface area contributed by atoms with Gasteiger partial charge in [0.15, 0.2) is 6.17 Å². The van der Waals surface area contributed by atoms with Crippen LogP contribution in [-0.2, 0) is 6.61 Å². The molecule has 4 aromatic carbocycles. The maximum absolute atomic E-state index is 13.7. The average molecular weight is 661 g/mol. The van der Waals surface area contributed by atoms with Crippen molar-refractivity contribution in [3.8, 4) is 23.8 Å². The molecule has 0 radical (unpaired) electrons. The molecule has 0 aliphatic carbocycles. The standard InChI is InChI=1S/C31H23Br2N3O4/c1-2-16-39-28-15-11-23(33)18-26(28)29-34-27-14-10-22(32)17-25(27)31(38)36(29)35-30(37)21-8-12-24(13-9-21)40-19-20-6-4-3-5-7-20/h1,3-15,17-18,29,34H,16,19H2,(H,35,37)/t29-/m0/s1. The van der Waals surface area contributed by atoms with Crippen LogP contribution in [0.5, 0.6) is 11.5 Å². The molecular weight excluding hydrogens is 638 g/mol. The predicted octanol–water partition coefficient (Wildman–Crippen LogP) is 6.71. The predicted molar refractivity (Wildman–Crippen MR) is 160 cm³/mol. The van der Waals surface area contributed by atoms with E-state index in [4.69, 9.17) is 15.9 Å². The number of ether oxygens (including phenoxy) is 2. The number of benzene rings is 4. The van der Waals surface area contributed by atoms with Crippen molar-refractivity contribution in [3.63, 3.8) is 0 Å². The summed E-state index contributed by atoms with van der Waals surface area (Å²) in [4.78, 5) is 27.1. The van der Waals surface area contributed by atoms with E-state index in [-0.39, 0.29) is 12.5 Å². The highest BCUT2D eigenvalue weighted by atomic mass is 79.9. The van der Waals surface area contributed by atoms with Gasteiger partial charge in [-0.1, -0.05) is 68.1 Å². The van der Waals surface area contributed by atoms with E-state index in [1.807, 2.05) is 48.5 Å². The molecule has 2 N–H and O–H groups in total. The molecule has 200 valence electrons. The lowest BCUT2D eigenvalue weighted by molar-refractivity contribution is 0.0488. The van der Waals surface area contributed by atoms with E-state index < -0.39 is 12.1 Å². The van der Waals surface area contributed by atoms with Crippen LogP contribution in [0.3, 0.4) is 0 Å². The molecule has 7 nitrogen and oxygen atoms in total. The topological polar surface area (TPSA) is 79.9 Å². The highest BCUT2D eigenvalue weighted by Gasteiger charge is 2.36. The summed E-state index contributed by atoms with van der Waals surface area (Å²) in [6, 6.07) is 27.3. The highest BCUT2D eigenvalue weighted by molar-refractivity contribution is 9.10. The van der Waals surface area contributed by atoms with Gasteiger partial charge in [0.25, 0.3) is 11.8 Å². The first kappa shape index (κ1) is 27.3. The lowest BCUT2D eigenvalue weighted by Crippen LogP contribution is -2.53. The summed E-state index contributed by atoms with van der Waals surface area (Å²) < 4.78 is 13.1. The van der Waals surface area contributed by atoms with Gasteiger partial charge in [-0.3, -0.25) is 15.0 Å². The van der Waals surface area contributed by atoms with Crippen molar-refractivity contribution < 1.29 is 19.1 Å². The zero-order valence-corrected chi connectivity index (χ0v) is 24.2. The number of rotatable bonds is 8. The third kappa shape index (κ3) is 6.14. The summed E-state index contributed by atoms with van der Waals surface area (Å²) in [6.07, 6.45) is 4.63. The highest BCUT2D eigenvalue weighted by Crippen LogP contribution is 2.38. The number of anilines is 1. The number of hydrazine groups is 1. The summed E-state index contributed by atoms with van der Waals surface area (Å²) in [7, 11) is 0. The van der Waals surface area contributed by atoms with E-state index in [1.165, 1.54) is 5.01 Å². The molecule has 0 saturated heterocycles. The van der Waals surface area contributed by atoms with Crippen LogP contribution in [0.4, 0.5) is 5.69 Å². The third-order valence-electron chi connectivity index (χ3n) is 6.15. The first-order valence-electron chi connectivity index (χ1n) is 12.3. The molecule has 1 heterocycles. The van der Waals surface area contributed by atoms with Crippen LogP contribution in [0.15, 0.2) is 99.9 Å². The number of hydrogen-bond donors (Lipinski definition) is 2. The van der Waals surface area contributed by atoms with Crippen LogP contribution < -0.4 is 20.2 Å². The normalized spacial score (nSPS) is 14.0. The summed E-state index contributed by atoms with van der Waals surface area (Å²) in [5.74, 6) is 2.71. The Morgan fingerprint density at radius 1 is 0.950 bits per heavy atom. The second-order valence-electron chi connectivity index (χ2n) is 8.83. The Kier molecular flexibility index (Phi) is 8.39. The molecule has 1 atom stereocenters.